The highest BCUT2D eigenvalue weighted by atomic mass is 16.7. The normalized spacial score (nSPS) is 45.4. The molecule has 0 bridgehead atoms. The number of carbonyl (C=O) groups excluding carboxylic acids is 1. The summed E-state index contributed by atoms with van der Waals surface area (Å²) in [6, 6.07) is -3.90. The van der Waals surface area contributed by atoms with Gasteiger partial charge in [-0.05, 0) is 26.3 Å². The molecule has 0 aromatic rings. The molecule has 7 unspecified atom stereocenters. The minimum atomic E-state index is -1.59. The molecule has 16 atom stereocenters. The molecule has 1 aliphatic carbocycles. The fourth-order valence-corrected chi connectivity index (χ4v) is 5.42. The van der Waals surface area contributed by atoms with Crippen LogP contribution in [0.1, 0.15) is 19.8 Å². The molecule has 18 N–H and O–H groups in total. The van der Waals surface area contributed by atoms with E-state index in [1.165, 1.54) is 0 Å². The summed E-state index contributed by atoms with van der Waals surface area (Å²) in [7, 11) is 0. The van der Waals surface area contributed by atoms with Gasteiger partial charge in [0.2, 0.25) is 5.91 Å². The first-order chi connectivity index (χ1) is 19.9. The Morgan fingerprint density at radius 2 is 1.52 bits per heavy atom. The Balaban J connectivity index is 1.95. The minimum Gasteiger partial charge on any atom is -0.388 e. The number of nitrogens with two attached hydrogens (primary N) is 6. The number of ether oxygens (including phenoxy) is 5. The minimum absolute atomic E-state index is 0.00177. The van der Waals surface area contributed by atoms with Crippen LogP contribution in [0.2, 0.25) is 0 Å². The van der Waals surface area contributed by atoms with Gasteiger partial charge in [0.1, 0.15) is 54.9 Å². The third-order valence-corrected chi connectivity index (χ3v) is 7.97. The summed E-state index contributed by atoms with van der Waals surface area (Å²) in [5, 5.41) is 54.9. The Kier molecular flexibility index (Phi) is 13.2. The fraction of sp³-hybridized carbons (Fsp3) is 0.958. The summed E-state index contributed by atoms with van der Waals surface area (Å²) >= 11 is 0. The predicted molar refractivity (Wildman–Crippen MR) is 145 cm³/mol. The zero-order valence-electron chi connectivity index (χ0n) is 23.6. The van der Waals surface area contributed by atoms with E-state index in [2.05, 4.69) is 5.32 Å². The highest BCUT2D eigenvalue weighted by Crippen LogP contribution is 2.33. The number of carbonyl (C=O) groups is 1. The average Bonchev–Trinajstić information content (AvgIpc) is 2.96. The molecule has 3 fully saturated rings. The molecule has 42 heavy (non-hydrogen) atoms. The van der Waals surface area contributed by atoms with Gasteiger partial charge in [-0.25, -0.2) is 0 Å². The Labute approximate surface area is 243 Å². The summed E-state index contributed by atoms with van der Waals surface area (Å²) in [6.07, 6.45) is -15.1. The lowest BCUT2D eigenvalue weighted by molar-refractivity contribution is -0.331. The van der Waals surface area contributed by atoms with Crippen molar-refractivity contribution in [2.24, 2.45) is 34.4 Å². The molecule has 3 aliphatic rings. The number of rotatable bonds is 12. The zero-order chi connectivity index (χ0) is 31.3. The van der Waals surface area contributed by atoms with E-state index < -0.39 is 104 Å². The van der Waals surface area contributed by atoms with Crippen molar-refractivity contribution in [1.82, 2.24) is 5.32 Å². The van der Waals surface area contributed by atoms with Crippen molar-refractivity contribution < 1.29 is 54.0 Å². The zero-order valence-corrected chi connectivity index (χ0v) is 23.6. The number of nitrogens with one attached hydrogen (secondary N) is 1. The highest BCUT2D eigenvalue weighted by Gasteiger charge is 2.53. The first-order valence-electron chi connectivity index (χ1n) is 14.2. The number of aliphatic hydroxyl groups is 5. The fourth-order valence-electron chi connectivity index (χ4n) is 5.42. The molecule has 1 amide bonds. The van der Waals surface area contributed by atoms with Gasteiger partial charge in [0.15, 0.2) is 12.6 Å². The van der Waals surface area contributed by atoms with Crippen molar-refractivity contribution in [1.29, 1.82) is 0 Å². The lowest BCUT2D eigenvalue weighted by Crippen LogP contribution is -2.70. The van der Waals surface area contributed by atoms with Crippen LogP contribution in [-0.4, -0.2) is 155 Å². The standard InChI is InChI=1S/C24H49N7O11/c1-8-13(29)16(34)18(36)24(39-8)42-21-19(41-23-14(30)17(35)15(33)12(7-27)40-23)9(28)6-10(20(21)38-5-4-26)31-22(37)11(32)2-3-25/h8-21,23-24,32-36H,2-7,25-30H2,1H3,(H,31,37)/t8?,9?,10-,11+,12?,13-,14?,15-,16+,17-,18?,19?,20?,21+,23-,24+/m1/s1. The van der Waals surface area contributed by atoms with Crippen molar-refractivity contribution in [2.75, 3.05) is 26.2 Å². The molecule has 246 valence electrons. The first-order valence-corrected chi connectivity index (χ1v) is 14.2. The number of amides is 1. The van der Waals surface area contributed by atoms with Crippen LogP contribution in [-0.2, 0) is 28.5 Å². The molecule has 0 radical (unpaired) electrons. The van der Waals surface area contributed by atoms with Crippen LogP contribution in [0.5, 0.6) is 0 Å². The molecular weight excluding hydrogens is 562 g/mol. The molecule has 18 heteroatoms. The van der Waals surface area contributed by atoms with Crippen molar-refractivity contribution in [3.05, 3.63) is 0 Å². The summed E-state index contributed by atoms with van der Waals surface area (Å²) < 4.78 is 29.9. The van der Waals surface area contributed by atoms with Crippen LogP contribution >= 0.6 is 0 Å². The van der Waals surface area contributed by atoms with E-state index in [0.29, 0.717) is 0 Å². The summed E-state index contributed by atoms with van der Waals surface area (Å²) in [6.45, 7) is 1.60. The quantitative estimate of drug-likeness (QED) is 0.0974. The maximum atomic E-state index is 12.8. The van der Waals surface area contributed by atoms with E-state index in [4.69, 9.17) is 58.1 Å². The maximum Gasteiger partial charge on any atom is 0.249 e. The Bertz CT molecular complexity index is 851. The maximum absolute atomic E-state index is 12.8. The highest BCUT2D eigenvalue weighted by molar-refractivity contribution is 5.80. The predicted octanol–water partition coefficient (Wildman–Crippen LogP) is -7.45. The number of aliphatic hydroxyl groups excluding tert-OH is 5. The molecule has 0 aromatic heterocycles. The van der Waals surface area contributed by atoms with Gasteiger partial charge in [-0.2, -0.15) is 0 Å². The van der Waals surface area contributed by atoms with Gasteiger partial charge in [-0.1, -0.05) is 0 Å². The second-order valence-corrected chi connectivity index (χ2v) is 11.0. The summed E-state index contributed by atoms with van der Waals surface area (Å²) in [5.41, 5.74) is 35.5. The SMILES string of the molecule is CC1O[C@@H](O[C@H]2C(O[C@H]3OC(CN)[C@@H](O)[C@H](O)C3N)C(N)C[C@@H](NC(=O)[C@@H](O)CCN)C2OCCN)C(O)[C@@H](O)[C@@H]1N. The topological polar surface area (TPSA) is 333 Å². The van der Waals surface area contributed by atoms with Gasteiger partial charge in [0.25, 0.3) is 0 Å². The van der Waals surface area contributed by atoms with E-state index in [-0.39, 0.29) is 39.1 Å². The van der Waals surface area contributed by atoms with E-state index in [0.717, 1.165) is 0 Å². The van der Waals surface area contributed by atoms with Crippen LogP contribution in [0, 0.1) is 0 Å². The monoisotopic (exact) mass is 611 g/mol. The number of hydrogen-bond donors (Lipinski definition) is 12. The Morgan fingerprint density at radius 3 is 2.14 bits per heavy atom. The summed E-state index contributed by atoms with van der Waals surface area (Å²) in [5.74, 6) is -0.721. The molecule has 3 rings (SSSR count). The van der Waals surface area contributed by atoms with Crippen molar-refractivity contribution >= 4 is 5.91 Å². The van der Waals surface area contributed by atoms with Gasteiger partial charge >= 0.3 is 0 Å². The molecule has 1 saturated carbocycles. The van der Waals surface area contributed by atoms with Gasteiger partial charge in [0.05, 0.1) is 30.8 Å². The second kappa shape index (κ2) is 15.7. The smallest absolute Gasteiger partial charge is 0.249 e. The van der Waals surface area contributed by atoms with Gasteiger partial charge in [-0.15, -0.1) is 0 Å². The Hall–Kier alpha value is -1.17. The van der Waals surface area contributed by atoms with Crippen molar-refractivity contribution in [2.45, 2.75) is 118 Å². The average molecular weight is 612 g/mol. The second-order valence-electron chi connectivity index (χ2n) is 11.0. The molecule has 2 saturated heterocycles. The molecule has 2 aliphatic heterocycles. The molecular formula is C24H49N7O11. The van der Waals surface area contributed by atoms with Crippen molar-refractivity contribution in [3.8, 4) is 0 Å². The lowest BCUT2D eigenvalue weighted by Gasteiger charge is -2.50. The molecule has 0 spiro atoms. The van der Waals surface area contributed by atoms with Crippen LogP contribution < -0.4 is 39.7 Å². The van der Waals surface area contributed by atoms with E-state index in [1.54, 1.807) is 6.92 Å². The molecule has 2 heterocycles. The number of hydrogen-bond acceptors (Lipinski definition) is 17. The first kappa shape index (κ1) is 35.3. The molecule has 0 aromatic carbocycles. The summed E-state index contributed by atoms with van der Waals surface area (Å²) in [4.78, 5) is 12.8. The van der Waals surface area contributed by atoms with Crippen molar-refractivity contribution in [3.63, 3.8) is 0 Å². The van der Waals surface area contributed by atoms with Gasteiger partial charge in [0, 0.05) is 19.1 Å². The van der Waals surface area contributed by atoms with Crippen LogP contribution in [0.25, 0.3) is 0 Å². The third-order valence-electron chi connectivity index (χ3n) is 7.97. The van der Waals surface area contributed by atoms with Crippen LogP contribution in [0.15, 0.2) is 0 Å². The lowest BCUT2D eigenvalue weighted by atomic mass is 9.83. The third kappa shape index (κ3) is 7.91. The van der Waals surface area contributed by atoms with Crippen LogP contribution in [0.4, 0.5) is 0 Å². The largest absolute Gasteiger partial charge is 0.388 e. The van der Waals surface area contributed by atoms with E-state index >= 15 is 0 Å². The van der Waals surface area contributed by atoms with Crippen LogP contribution in [0.3, 0.4) is 0 Å². The van der Waals surface area contributed by atoms with E-state index in [1.807, 2.05) is 0 Å². The van der Waals surface area contributed by atoms with Gasteiger partial charge < -0.3 is 88.9 Å². The van der Waals surface area contributed by atoms with E-state index in [9.17, 15) is 30.3 Å². The Morgan fingerprint density at radius 1 is 0.881 bits per heavy atom. The van der Waals surface area contributed by atoms with Gasteiger partial charge in [-0.3, -0.25) is 4.79 Å². The molecule has 18 nitrogen and oxygen atoms in total.